The number of benzene rings is 1. The molecule has 0 spiro atoms. The number of piperidine rings is 1. The lowest BCUT2D eigenvalue weighted by molar-refractivity contribution is -0.149. The summed E-state index contributed by atoms with van der Waals surface area (Å²) >= 11 is 0. The Balaban J connectivity index is 1.56. The van der Waals surface area contributed by atoms with Gasteiger partial charge in [-0.25, -0.2) is 9.98 Å². The standard InChI is InChI=1S/C22H31N5O2/c1-3-24-22(27-12-9-20(10-13-27)21(28)29-4-2)25-15-18-5-7-19(8-6-18)16-26-14-11-23-17-26/h5-8,11,14,17,20H,3-4,9-10,12-13,15-16H2,1-2H3,(H,24,25). The van der Waals surface area contributed by atoms with E-state index in [9.17, 15) is 4.79 Å². The van der Waals surface area contributed by atoms with E-state index in [0.29, 0.717) is 13.2 Å². The summed E-state index contributed by atoms with van der Waals surface area (Å²) in [4.78, 5) is 23.1. The Labute approximate surface area is 172 Å². The summed E-state index contributed by atoms with van der Waals surface area (Å²) < 4.78 is 7.22. The molecule has 1 aromatic heterocycles. The number of aliphatic imine (C=N–C) groups is 1. The molecule has 29 heavy (non-hydrogen) atoms. The van der Waals surface area contributed by atoms with Gasteiger partial charge in [-0.3, -0.25) is 4.79 Å². The molecule has 156 valence electrons. The first kappa shape index (κ1) is 20.9. The monoisotopic (exact) mass is 397 g/mol. The zero-order valence-electron chi connectivity index (χ0n) is 17.4. The lowest BCUT2D eigenvalue weighted by Gasteiger charge is -2.33. The third-order valence-electron chi connectivity index (χ3n) is 5.11. The van der Waals surface area contributed by atoms with Crippen LogP contribution in [0, 0.1) is 5.92 Å². The third-order valence-corrected chi connectivity index (χ3v) is 5.11. The topological polar surface area (TPSA) is 71.8 Å². The van der Waals surface area contributed by atoms with E-state index >= 15 is 0 Å². The first-order valence-corrected chi connectivity index (χ1v) is 10.4. The summed E-state index contributed by atoms with van der Waals surface area (Å²) in [6, 6.07) is 8.55. The van der Waals surface area contributed by atoms with Gasteiger partial charge in [0.25, 0.3) is 0 Å². The molecular weight excluding hydrogens is 366 g/mol. The fourth-order valence-electron chi connectivity index (χ4n) is 3.52. The fourth-order valence-corrected chi connectivity index (χ4v) is 3.52. The molecule has 0 aliphatic carbocycles. The van der Waals surface area contributed by atoms with E-state index < -0.39 is 0 Å². The highest BCUT2D eigenvalue weighted by Gasteiger charge is 2.27. The van der Waals surface area contributed by atoms with Crippen LogP contribution in [0.1, 0.15) is 37.8 Å². The van der Waals surface area contributed by atoms with Crippen LogP contribution in [0.3, 0.4) is 0 Å². The molecule has 0 amide bonds. The molecule has 2 heterocycles. The molecule has 1 aliphatic rings. The van der Waals surface area contributed by atoms with Gasteiger partial charge in [-0.15, -0.1) is 0 Å². The molecule has 1 fully saturated rings. The Morgan fingerprint density at radius 3 is 2.55 bits per heavy atom. The number of aromatic nitrogens is 2. The summed E-state index contributed by atoms with van der Waals surface area (Å²) in [7, 11) is 0. The molecule has 3 rings (SSSR count). The first-order chi connectivity index (χ1) is 14.2. The number of imidazole rings is 1. The van der Waals surface area contributed by atoms with E-state index in [-0.39, 0.29) is 11.9 Å². The minimum absolute atomic E-state index is 0.0112. The summed E-state index contributed by atoms with van der Waals surface area (Å²) in [5, 5.41) is 3.38. The number of hydrogen-bond donors (Lipinski definition) is 1. The average molecular weight is 398 g/mol. The van der Waals surface area contributed by atoms with Crippen molar-refractivity contribution in [3.63, 3.8) is 0 Å². The number of likely N-dealkylation sites (tertiary alicyclic amines) is 1. The Bertz CT molecular complexity index is 778. The number of guanidine groups is 1. The second kappa shape index (κ2) is 10.6. The van der Waals surface area contributed by atoms with Crippen LogP contribution in [0.5, 0.6) is 0 Å². The molecule has 0 unspecified atom stereocenters. The van der Waals surface area contributed by atoms with Gasteiger partial charge in [0.2, 0.25) is 0 Å². The molecule has 0 bridgehead atoms. The molecule has 0 atom stereocenters. The summed E-state index contributed by atoms with van der Waals surface area (Å²) in [6.07, 6.45) is 7.21. The van der Waals surface area contributed by atoms with Crippen LogP contribution in [0.15, 0.2) is 48.0 Å². The van der Waals surface area contributed by atoms with E-state index in [2.05, 4.69) is 51.0 Å². The molecule has 7 heteroatoms. The van der Waals surface area contributed by atoms with Crippen LogP contribution in [-0.4, -0.2) is 52.6 Å². The van der Waals surface area contributed by atoms with E-state index in [1.54, 1.807) is 6.20 Å². The van der Waals surface area contributed by atoms with E-state index in [0.717, 1.165) is 45.0 Å². The van der Waals surface area contributed by atoms with Gasteiger partial charge in [-0.05, 0) is 37.8 Å². The quantitative estimate of drug-likeness (QED) is 0.442. The summed E-state index contributed by atoms with van der Waals surface area (Å²) in [5.74, 6) is 0.860. The van der Waals surface area contributed by atoms with Crippen molar-refractivity contribution in [2.75, 3.05) is 26.2 Å². The Hall–Kier alpha value is -2.83. The Morgan fingerprint density at radius 1 is 1.21 bits per heavy atom. The van der Waals surface area contributed by atoms with Crippen molar-refractivity contribution in [3.8, 4) is 0 Å². The van der Waals surface area contributed by atoms with E-state index in [1.165, 1.54) is 11.1 Å². The molecule has 1 aromatic carbocycles. The van der Waals surface area contributed by atoms with Gasteiger partial charge in [-0.2, -0.15) is 0 Å². The van der Waals surface area contributed by atoms with Crippen LogP contribution in [0.4, 0.5) is 0 Å². The van der Waals surface area contributed by atoms with Gasteiger partial charge in [-0.1, -0.05) is 24.3 Å². The number of carbonyl (C=O) groups is 1. The molecule has 1 N–H and O–H groups in total. The number of carbonyl (C=O) groups excluding carboxylic acids is 1. The molecule has 1 aliphatic heterocycles. The SMILES string of the molecule is CCNC(=NCc1ccc(Cn2ccnc2)cc1)N1CCC(C(=O)OCC)CC1. The Morgan fingerprint density at radius 2 is 1.93 bits per heavy atom. The second-order valence-corrected chi connectivity index (χ2v) is 7.24. The number of hydrogen-bond acceptors (Lipinski definition) is 4. The summed E-state index contributed by atoms with van der Waals surface area (Å²) in [6.45, 7) is 8.29. The van der Waals surface area contributed by atoms with Crippen molar-refractivity contribution in [1.29, 1.82) is 0 Å². The highest BCUT2D eigenvalue weighted by molar-refractivity contribution is 5.80. The number of rotatable bonds is 7. The Kier molecular flexibility index (Phi) is 7.67. The number of nitrogens with zero attached hydrogens (tertiary/aromatic N) is 4. The van der Waals surface area contributed by atoms with Gasteiger partial charge in [0.1, 0.15) is 0 Å². The highest BCUT2D eigenvalue weighted by atomic mass is 16.5. The van der Waals surface area contributed by atoms with Crippen LogP contribution in [0.2, 0.25) is 0 Å². The average Bonchev–Trinajstić information content (AvgIpc) is 3.25. The lowest BCUT2D eigenvalue weighted by Crippen LogP contribution is -2.46. The van der Waals surface area contributed by atoms with Gasteiger partial charge in [0.15, 0.2) is 5.96 Å². The number of nitrogens with one attached hydrogen (secondary N) is 1. The number of esters is 1. The van der Waals surface area contributed by atoms with E-state index in [4.69, 9.17) is 9.73 Å². The van der Waals surface area contributed by atoms with Crippen LogP contribution in [-0.2, 0) is 22.6 Å². The molecule has 7 nitrogen and oxygen atoms in total. The maximum Gasteiger partial charge on any atom is 0.309 e. The van der Waals surface area contributed by atoms with Crippen LogP contribution in [0.25, 0.3) is 0 Å². The van der Waals surface area contributed by atoms with Crippen molar-refractivity contribution in [2.45, 2.75) is 39.8 Å². The largest absolute Gasteiger partial charge is 0.466 e. The van der Waals surface area contributed by atoms with Crippen molar-refractivity contribution in [2.24, 2.45) is 10.9 Å². The van der Waals surface area contributed by atoms with Crippen molar-refractivity contribution in [3.05, 3.63) is 54.1 Å². The summed E-state index contributed by atoms with van der Waals surface area (Å²) in [5.41, 5.74) is 2.42. The second-order valence-electron chi connectivity index (χ2n) is 7.24. The highest BCUT2D eigenvalue weighted by Crippen LogP contribution is 2.19. The third kappa shape index (κ3) is 6.07. The lowest BCUT2D eigenvalue weighted by atomic mass is 9.97. The van der Waals surface area contributed by atoms with Crippen LogP contribution >= 0.6 is 0 Å². The maximum absolute atomic E-state index is 11.9. The molecule has 0 radical (unpaired) electrons. The predicted molar refractivity (Wildman–Crippen MR) is 114 cm³/mol. The van der Waals surface area contributed by atoms with Crippen molar-refractivity contribution >= 4 is 11.9 Å². The van der Waals surface area contributed by atoms with Crippen LogP contribution < -0.4 is 5.32 Å². The maximum atomic E-state index is 11.9. The predicted octanol–water partition coefficient (Wildman–Crippen LogP) is 2.67. The minimum Gasteiger partial charge on any atom is -0.466 e. The smallest absolute Gasteiger partial charge is 0.309 e. The van der Waals surface area contributed by atoms with Gasteiger partial charge < -0.3 is 19.5 Å². The van der Waals surface area contributed by atoms with Crippen molar-refractivity contribution < 1.29 is 9.53 Å². The minimum atomic E-state index is -0.0649. The zero-order chi connectivity index (χ0) is 20.5. The fraction of sp³-hybridized carbons (Fsp3) is 0.500. The molecular formula is C22H31N5O2. The van der Waals surface area contributed by atoms with Gasteiger partial charge >= 0.3 is 5.97 Å². The number of ether oxygens (including phenoxy) is 1. The van der Waals surface area contributed by atoms with E-state index in [1.807, 2.05) is 19.4 Å². The zero-order valence-corrected chi connectivity index (χ0v) is 17.4. The van der Waals surface area contributed by atoms with Crippen molar-refractivity contribution in [1.82, 2.24) is 19.8 Å². The normalized spacial score (nSPS) is 15.4. The molecule has 1 saturated heterocycles. The first-order valence-electron chi connectivity index (χ1n) is 10.4. The molecule has 2 aromatic rings. The van der Waals surface area contributed by atoms with Gasteiger partial charge in [0.05, 0.1) is 25.4 Å². The molecule has 0 saturated carbocycles. The van der Waals surface area contributed by atoms with Gasteiger partial charge in [0, 0.05) is 38.6 Å².